The lowest BCUT2D eigenvalue weighted by Crippen LogP contribution is -2.58. The molecule has 3 saturated heterocycles. The summed E-state index contributed by atoms with van der Waals surface area (Å²) < 4.78 is 12.0. The summed E-state index contributed by atoms with van der Waals surface area (Å²) in [6.45, 7) is 4.05. The molecule has 0 bridgehead atoms. The van der Waals surface area contributed by atoms with Crippen molar-refractivity contribution in [2.45, 2.75) is 50.0 Å². The zero-order chi connectivity index (χ0) is 22.5. The standard InChI is InChI=1S/C24H35N3O5/c1-25-9-11-26(12-10-25)23(29)14-20-7-8-21-22(32-20)17-31-16-19(28)15-27(21)24(30)13-18-5-3-2-4-6-18/h2-6,19-22,28H,7-17H2,1H3/t19-,20+,21+,22-/m1/s1. The first-order valence-electron chi connectivity index (χ1n) is 11.7. The van der Waals surface area contributed by atoms with Crippen LogP contribution in [0.15, 0.2) is 30.3 Å². The number of hydrogen-bond donors (Lipinski definition) is 1. The topological polar surface area (TPSA) is 82.6 Å². The molecular formula is C24H35N3O5. The van der Waals surface area contributed by atoms with Gasteiger partial charge in [0.25, 0.3) is 0 Å². The molecule has 1 aromatic rings. The van der Waals surface area contributed by atoms with Crippen LogP contribution in [-0.4, -0.2) is 109 Å². The van der Waals surface area contributed by atoms with E-state index in [1.54, 1.807) is 4.90 Å². The molecule has 0 aliphatic carbocycles. The molecule has 0 radical (unpaired) electrons. The summed E-state index contributed by atoms with van der Waals surface area (Å²) >= 11 is 0. The number of aliphatic hydroxyl groups excluding tert-OH is 1. The first kappa shape index (κ1) is 23.2. The third kappa shape index (κ3) is 5.86. The average molecular weight is 446 g/mol. The number of rotatable bonds is 4. The number of piperazine rings is 1. The molecule has 3 aliphatic rings. The maximum atomic E-state index is 13.2. The molecular weight excluding hydrogens is 410 g/mol. The van der Waals surface area contributed by atoms with Crippen LogP contribution in [0.2, 0.25) is 0 Å². The van der Waals surface area contributed by atoms with Gasteiger partial charge in [-0.25, -0.2) is 0 Å². The number of carbonyl (C=O) groups excluding carboxylic acids is 2. The number of carbonyl (C=O) groups is 2. The molecule has 4 rings (SSSR count). The Bertz CT molecular complexity index is 768. The van der Waals surface area contributed by atoms with E-state index >= 15 is 0 Å². The van der Waals surface area contributed by atoms with Crippen LogP contribution in [0.1, 0.15) is 24.8 Å². The van der Waals surface area contributed by atoms with Gasteiger partial charge >= 0.3 is 0 Å². The van der Waals surface area contributed by atoms with E-state index in [-0.39, 0.29) is 43.2 Å². The Hall–Kier alpha value is -2.00. The Labute approximate surface area is 190 Å². The van der Waals surface area contributed by atoms with Gasteiger partial charge in [-0.2, -0.15) is 0 Å². The Morgan fingerprint density at radius 3 is 2.53 bits per heavy atom. The van der Waals surface area contributed by atoms with Crippen LogP contribution in [0.25, 0.3) is 0 Å². The second-order valence-electron chi connectivity index (χ2n) is 9.23. The molecule has 1 N–H and O–H groups in total. The van der Waals surface area contributed by atoms with Gasteiger partial charge in [0.05, 0.1) is 44.3 Å². The number of nitrogens with zero attached hydrogens (tertiary/aromatic N) is 3. The van der Waals surface area contributed by atoms with E-state index < -0.39 is 6.10 Å². The van der Waals surface area contributed by atoms with E-state index in [9.17, 15) is 14.7 Å². The molecule has 3 fully saturated rings. The average Bonchev–Trinajstić information content (AvgIpc) is 2.78. The Morgan fingerprint density at radius 1 is 1.03 bits per heavy atom. The van der Waals surface area contributed by atoms with Crippen molar-refractivity contribution in [3.63, 3.8) is 0 Å². The van der Waals surface area contributed by atoms with Crippen LogP contribution in [0.4, 0.5) is 0 Å². The smallest absolute Gasteiger partial charge is 0.227 e. The molecule has 3 aliphatic heterocycles. The second kappa shape index (κ2) is 10.7. The molecule has 0 saturated carbocycles. The number of likely N-dealkylation sites (N-methyl/N-ethyl adjacent to an activating group) is 1. The number of ether oxygens (including phenoxy) is 2. The maximum Gasteiger partial charge on any atom is 0.227 e. The lowest BCUT2D eigenvalue weighted by molar-refractivity contribution is -0.170. The Kier molecular flexibility index (Phi) is 7.78. The molecule has 2 amide bonds. The van der Waals surface area contributed by atoms with Crippen LogP contribution in [0, 0.1) is 0 Å². The quantitative estimate of drug-likeness (QED) is 0.728. The van der Waals surface area contributed by atoms with Crippen molar-refractivity contribution < 1.29 is 24.2 Å². The van der Waals surface area contributed by atoms with Crippen molar-refractivity contribution in [1.29, 1.82) is 0 Å². The van der Waals surface area contributed by atoms with Gasteiger partial charge in [0.15, 0.2) is 0 Å². The van der Waals surface area contributed by atoms with Crippen molar-refractivity contribution in [3.8, 4) is 0 Å². The number of fused-ring (bicyclic) bond motifs is 1. The molecule has 8 heteroatoms. The highest BCUT2D eigenvalue weighted by atomic mass is 16.5. The molecule has 8 nitrogen and oxygen atoms in total. The highest BCUT2D eigenvalue weighted by Gasteiger charge is 2.40. The van der Waals surface area contributed by atoms with Crippen LogP contribution in [0.5, 0.6) is 0 Å². The highest BCUT2D eigenvalue weighted by molar-refractivity contribution is 5.79. The van der Waals surface area contributed by atoms with Crippen molar-refractivity contribution >= 4 is 11.8 Å². The second-order valence-corrected chi connectivity index (χ2v) is 9.23. The minimum absolute atomic E-state index is 0.0114. The van der Waals surface area contributed by atoms with Crippen LogP contribution in [0.3, 0.4) is 0 Å². The number of aliphatic hydroxyl groups is 1. The predicted octanol–water partition coefficient (Wildman–Crippen LogP) is 0.529. The molecule has 0 aromatic heterocycles. The van der Waals surface area contributed by atoms with Crippen LogP contribution in [-0.2, 0) is 25.5 Å². The van der Waals surface area contributed by atoms with Crippen LogP contribution < -0.4 is 0 Å². The van der Waals surface area contributed by atoms with Crippen molar-refractivity contribution in [2.75, 3.05) is 53.0 Å². The number of β-amino-alcohol motifs (C(OH)–C–C–N with tert-alkyl or cyclic N) is 1. The SMILES string of the molecule is CN1CCN(C(=O)C[C@@H]2CC[C@H]3[C@@H](COC[C@H](O)CN3C(=O)Cc3ccccc3)O2)CC1. The van der Waals surface area contributed by atoms with Gasteiger partial charge in [-0.15, -0.1) is 0 Å². The fourth-order valence-corrected chi connectivity index (χ4v) is 4.88. The predicted molar refractivity (Wildman–Crippen MR) is 119 cm³/mol. The molecule has 32 heavy (non-hydrogen) atoms. The van der Waals surface area contributed by atoms with Gasteiger partial charge in [-0.1, -0.05) is 30.3 Å². The lowest BCUT2D eigenvalue weighted by Gasteiger charge is -2.44. The number of hydrogen-bond acceptors (Lipinski definition) is 6. The van der Waals surface area contributed by atoms with Gasteiger partial charge in [-0.3, -0.25) is 9.59 Å². The minimum Gasteiger partial charge on any atom is -0.389 e. The third-order valence-electron chi connectivity index (χ3n) is 6.76. The highest BCUT2D eigenvalue weighted by Crippen LogP contribution is 2.28. The molecule has 3 heterocycles. The monoisotopic (exact) mass is 445 g/mol. The molecule has 1 aromatic carbocycles. The first-order valence-corrected chi connectivity index (χ1v) is 11.7. The Balaban J connectivity index is 1.38. The molecule has 0 unspecified atom stereocenters. The Morgan fingerprint density at radius 2 is 1.78 bits per heavy atom. The summed E-state index contributed by atoms with van der Waals surface area (Å²) in [7, 11) is 2.07. The summed E-state index contributed by atoms with van der Waals surface area (Å²) in [5.74, 6) is 0.128. The summed E-state index contributed by atoms with van der Waals surface area (Å²) in [5, 5.41) is 10.3. The van der Waals surface area contributed by atoms with Crippen molar-refractivity contribution in [2.24, 2.45) is 0 Å². The molecule has 0 spiro atoms. The van der Waals surface area contributed by atoms with E-state index in [0.717, 1.165) is 38.2 Å². The first-order chi connectivity index (χ1) is 15.5. The normalized spacial score (nSPS) is 29.7. The fourth-order valence-electron chi connectivity index (χ4n) is 4.88. The summed E-state index contributed by atoms with van der Waals surface area (Å²) in [6, 6.07) is 9.50. The third-order valence-corrected chi connectivity index (χ3v) is 6.76. The van der Waals surface area contributed by atoms with Crippen molar-refractivity contribution in [1.82, 2.24) is 14.7 Å². The summed E-state index contributed by atoms with van der Waals surface area (Å²) in [6.07, 6.45) is 0.945. The van der Waals surface area contributed by atoms with E-state index in [4.69, 9.17) is 9.47 Å². The van der Waals surface area contributed by atoms with Gasteiger partial charge < -0.3 is 29.3 Å². The minimum atomic E-state index is -0.716. The van der Waals surface area contributed by atoms with E-state index in [0.29, 0.717) is 25.9 Å². The maximum absolute atomic E-state index is 13.2. The number of amides is 2. The molecule has 4 atom stereocenters. The molecule has 176 valence electrons. The largest absolute Gasteiger partial charge is 0.389 e. The summed E-state index contributed by atoms with van der Waals surface area (Å²) in [4.78, 5) is 31.9. The summed E-state index contributed by atoms with van der Waals surface area (Å²) in [5.41, 5.74) is 0.953. The lowest BCUT2D eigenvalue weighted by atomic mass is 9.94. The van der Waals surface area contributed by atoms with E-state index in [2.05, 4.69) is 11.9 Å². The van der Waals surface area contributed by atoms with Gasteiger partial charge in [0, 0.05) is 32.7 Å². The zero-order valence-electron chi connectivity index (χ0n) is 18.9. The number of benzene rings is 1. The van der Waals surface area contributed by atoms with Gasteiger partial charge in [-0.05, 0) is 25.5 Å². The van der Waals surface area contributed by atoms with Gasteiger partial charge in [0.1, 0.15) is 6.10 Å². The van der Waals surface area contributed by atoms with E-state index in [1.165, 1.54) is 0 Å². The van der Waals surface area contributed by atoms with Crippen LogP contribution >= 0.6 is 0 Å². The van der Waals surface area contributed by atoms with Crippen molar-refractivity contribution in [3.05, 3.63) is 35.9 Å². The van der Waals surface area contributed by atoms with Gasteiger partial charge in [0.2, 0.25) is 11.8 Å². The zero-order valence-corrected chi connectivity index (χ0v) is 18.9. The fraction of sp³-hybridized carbons (Fsp3) is 0.667. The van der Waals surface area contributed by atoms with E-state index in [1.807, 2.05) is 35.2 Å².